The summed E-state index contributed by atoms with van der Waals surface area (Å²) >= 11 is 0. The summed E-state index contributed by atoms with van der Waals surface area (Å²) in [4.78, 5) is 16.6. The SMILES string of the molecule is Cc1c2c(cc3c1N(CCO)CCC3)CCN(C(=O)OC(C)(C)C)CC2. The average molecular weight is 360 g/mol. The van der Waals surface area contributed by atoms with Crippen molar-refractivity contribution in [3.63, 3.8) is 0 Å². The van der Waals surface area contributed by atoms with Gasteiger partial charge in [-0.1, -0.05) is 6.07 Å². The van der Waals surface area contributed by atoms with Gasteiger partial charge in [0.2, 0.25) is 0 Å². The van der Waals surface area contributed by atoms with Gasteiger partial charge in [0.05, 0.1) is 6.61 Å². The number of fused-ring (bicyclic) bond motifs is 2. The molecule has 5 nitrogen and oxygen atoms in total. The monoisotopic (exact) mass is 360 g/mol. The van der Waals surface area contributed by atoms with Gasteiger partial charge in [-0.2, -0.15) is 0 Å². The number of carbonyl (C=O) groups excluding carboxylic acids is 1. The van der Waals surface area contributed by atoms with Crippen molar-refractivity contribution in [2.24, 2.45) is 0 Å². The van der Waals surface area contributed by atoms with Crippen molar-refractivity contribution in [2.45, 2.75) is 59.0 Å². The van der Waals surface area contributed by atoms with Crippen molar-refractivity contribution in [1.82, 2.24) is 4.90 Å². The third kappa shape index (κ3) is 3.98. The Morgan fingerprint density at radius 1 is 1.15 bits per heavy atom. The van der Waals surface area contributed by atoms with Crippen LogP contribution in [0.25, 0.3) is 0 Å². The summed E-state index contributed by atoms with van der Waals surface area (Å²) in [6, 6.07) is 2.35. The molecule has 0 saturated carbocycles. The molecular formula is C21H32N2O3. The summed E-state index contributed by atoms with van der Waals surface area (Å²) in [7, 11) is 0. The molecule has 0 saturated heterocycles. The molecule has 0 unspecified atom stereocenters. The number of anilines is 1. The van der Waals surface area contributed by atoms with Gasteiger partial charge < -0.3 is 19.6 Å². The second-order valence-corrected chi connectivity index (χ2v) is 8.43. The predicted molar refractivity (Wildman–Crippen MR) is 104 cm³/mol. The van der Waals surface area contributed by atoms with E-state index in [-0.39, 0.29) is 12.7 Å². The van der Waals surface area contributed by atoms with E-state index in [9.17, 15) is 9.90 Å². The second kappa shape index (κ2) is 7.47. The second-order valence-electron chi connectivity index (χ2n) is 8.43. The molecule has 0 atom stereocenters. The van der Waals surface area contributed by atoms with Gasteiger partial charge in [-0.25, -0.2) is 4.79 Å². The van der Waals surface area contributed by atoms with E-state index in [0.29, 0.717) is 19.6 Å². The van der Waals surface area contributed by atoms with E-state index in [2.05, 4.69) is 17.9 Å². The van der Waals surface area contributed by atoms with Crippen LogP contribution in [0.2, 0.25) is 0 Å². The Morgan fingerprint density at radius 3 is 2.58 bits per heavy atom. The zero-order valence-corrected chi connectivity index (χ0v) is 16.6. The van der Waals surface area contributed by atoms with Crippen molar-refractivity contribution in [2.75, 3.05) is 37.7 Å². The molecule has 1 amide bonds. The van der Waals surface area contributed by atoms with Crippen LogP contribution in [0.1, 0.15) is 49.4 Å². The molecule has 3 rings (SSSR count). The van der Waals surface area contributed by atoms with Gasteiger partial charge >= 0.3 is 6.09 Å². The van der Waals surface area contributed by atoms with Crippen LogP contribution < -0.4 is 4.90 Å². The van der Waals surface area contributed by atoms with Crippen molar-refractivity contribution in [3.8, 4) is 0 Å². The fourth-order valence-electron chi connectivity index (χ4n) is 4.23. The Hall–Kier alpha value is -1.75. The maximum absolute atomic E-state index is 12.5. The molecule has 1 N–H and O–H groups in total. The highest BCUT2D eigenvalue weighted by atomic mass is 16.6. The highest BCUT2D eigenvalue weighted by Gasteiger charge is 2.27. The number of rotatable bonds is 2. The van der Waals surface area contributed by atoms with Gasteiger partial charge in [0.25, 0.3) is 0 Å². The van der Waals surface area contributed by atoms with Crippen LogP contribution in [0.3, 0.4) is 0 Å². The Morgan fingerprint density at radius 2 is 1.88 bits per heavy atom. The van der Waals surface area contributed by atoms with Crippen molar-refractivity contribution >= 4 is 11.8 Å². The van der Waals surface area contributed by atoms with Gasteiger partial charge in [0, 0.05) is 31.9 Å². The number of nitrogens with zero attached hydrogens (tertiary/aromatic N) is 2. The molecule has 0 radical (unpaired) electrons. The lowest BCUT2D eigenvalue weighted by Crippen LogP contribution is -2.38. The average Bonchev–Trinajstić information content (AvgIpc) is 2.76. The number of amides is 1. The van der Waals surface area contributed by atoms with Crippen LogP contribution in [-0.4, -0.2) is 54.5 Å². The summed E-state index contributed by atoms with van der Waals surface area (Å²) in [5.74, 6) is 0. The van der Waals surface area contributed by atoms with Crippen LogP contribution >= 0.6 is 0 Å². The first-order valence-electron chi connectivity index (χ1n) is 9.78. The molecule has 5 heteroatoms. The zero-order chi connectivity index (χ0) is 18.9. The molecule has 26 heavy (non-hydrogen) atoms. The van der Waals surface area contributed by atoms with Crippen LogP contribution in [-0.2, 0) is 24.0 Å². The van der Waals surface area contributed by atoms with Crippen molar-refractivity contribution in [3.05, 3.63) is 28.3 Å². The fourth-order valence-corrected chi connectivity index (χ4v) is 4.23. The lowest BCUT2D eigenvalue weighted by molar-refractivity contribution is 0.0258. The van der Waals surface area contributed by atoms with Crippen LogP contribution in [0.15, 0.2) is 6.07 Å². The first-order valence-corrected chi connectivity index (χ1v) is 9.78. The maximum Gasteiger partial charge on any atom is 0.410 e. The number of hydrogen-bond acceptors (Lipinski definition) is 4. The van der Waals surface area contributed by atoms with E-state index < -0.39 is 5.60 Å². The van der Waals surface area contributed by atoms with Crippen LogP contribution in [0.5, 0.6) is 0 Å². The normalized spacial score (nSPS) is 17.4. The molecule has 2 aliphatic heterocycles. The number of aryl methyl sites for hydroxylation is 1. The number of hydrogen-bond donors (Lipinski definition) is 1. The van der Waals surface area contributed by atoms with Gasteiger partial charge in [-0.05, 0) is 75.6 Å². The molecule has 0 aliphatic carbocycles. The quantitative estimate of drug-likeness (QED) is 0.881. The van der Waals surface area contributed by atoms with Crippen molar-refractivity contribution < 1.29 is 14.6 Å². The number of carbonyl (C=O) groups is 1. The third-order valence-corrected chi connectivity index (χ3v) is 5.34. The lowest BCUT2D eigenvalue weighted by Gasteiger charge is -2.34. The Kier molecular flexibility index (Phi) is 5.47. The molecule has 0 fully saturated rings. The number of aliphatic hydroxyl groups excluding tert-OH is 1. The topological polar surface area (TPSA) is 53.0 Å². The highest BCUT2D eigenvalue weighted by Crippen LogP contribution is 2.36. The number of ether oxygens (including phenoxy) is 1. The first kappa shape index (κ1) is 19.0. The Balaban J connectivity index is 1.84. The number of β-amino-alcohol motifs (C(OH)–C–C–N with tert-alkyl or cyclic N) is 1. The molecule has 1 aromatic carbocycles. The molecule has 2 aliphatic rings. The van der Waals surface area contributed by atoms with Crippen LogP contribution in [0, 0.1) is 6.92 Å². The smallest absolute Gasteiger partial charge is 0.410 e. The minimum absolute atomic E-state index is 0.183. The lowest BCUT2D eigenvalue weighted by atomic mass is 9.89. The van der Waals surface area contributed by atoms with Gasteiger partial charge in [-0.15, -0.1) is 0 Å². The molecular weight excluding hydrogens is 328 g/mol. The largest absolute Gasteiger partial charge is 0.444 e. The highest BCUT2D eigenvalue weighted by molar-refractivity contribution is 5.69. The fraction of sp³-hybridized carbons (Fsp3) is 0.667. The minimum atomic E-state index is -0.462. The van der Waals surface area contributed by atoms with E-state index in [1.54, 1.807) is 0 Å². The minimum Gasteiger partial charge on any atom is -0.444 e. The summed E-state index contributed by atoms with van der Waals surface area (Å²) < 4.78 is 5.56. The van der Waals surface area contributed by atoms with E-state index >= 15 is 0 Å². The van der Waals surface area contributed by atoms with Crippen LogP contribution in [0.4, 0.5) is 10.5 Å². The molecule has 0 aromatic heterocycles. The molecule has 0 bridgehead atoms. The molecule has 144 valence electrons. The Bertz CT molecular complexity index is 679. The summed E-state index contributed by atoms with van der Waals surface area (Å²) in [5.41, 5.74) is 6.33. The predicted octanol–water partition coefficient (Wildman–Crippen LogP) is 3.08. The van der Waals surface area contributed by atoms with E-state index in [0.717, 1.165) is 32.2 Å². The number of aliphatic hydroxyl groups is 1. The standard InChI is InChI=1S/C21H32N2O3/c1-15-18-8-11-23(20(25)26-21(2,3)4)10-7-16(18)14-17-6-5-9-22(12-13-24)19(15)17/h14,24H,5-13H2,1-4H3. The Labute approximate surface area is 156 Å². The molecule has 2 heterocycles. The summed E-state index contributed by atoms with van der Waals surface area (Å²) in [6.45, 7) is 11.2. The van der Waals surface area contributed by atoms with Crippen molar-refractivity contribution in [1.29, 1.82) is 0 Å². The first-order chi connectivity index (χ1) is 12.3. The third-order valence-electron chi connectivity index (χ3n) is 5.34. The van der Waals surface area contributed by atoms with Gasteiger partial charge in [-0.3, -0.25) is 0 Å². The van der Waals surface area contributed by atoms with E-state index in [1.807, 2.05) is 25.7 Å². The van der Waals surface area contributed by atoms with E-state index in [1.165, 1.54) is 27.9 Å². The maximum atomic E-state index is 12.5. The number of benzene rings is 1. The van der Waals surface area contributed by atoms with E-state index in [4.69, 9.17) is 4.74 Å². The zero-order valence-electron chi connectivity index (χ0n) is 16.6. The van der Waals surface area contributed by atoms with Gasteiger partial charge in [0.15, 0.2) is 0 Å². The molecule has 1 aromatic rings. The summed E-state index contributed by atoms with van der Waals surface area (Å²) in [5, 5.41) is 9.41. The van der Waals surface area contributed by atoms with Gasteiger partial charge in [0.1, 0.15) is 5.60 Å². The summed E-state index contributed by atoms with van der Waals surface area (Å²) in [6.07, 6.45) is 3.76. The molecule has 0 spiro atoms.